The molecule has 0 spiro atoms. The van der Waals surface area contributed by atoms with Crippen LogP contribution in [-0.2, 0) is 28.6 Å². The van der Waals surface area contributed by atoms with Gasteiger partial charge in [0.05, 0.1) is 92.3 Å². The summed E-state index contributed by atoms with van der Waals surface area (Å²) in [6.45, 7) is 1.71. The molecule has 0 saturated heterocycles. The van der Waals surface area contributed by atoms with Crippen LogP contribution in [0.4, 0.5) is 0 Å². The Morgan fingerprint density at radius 3 is 0.718 bits per heavy atom. The lowest BCUT2D eigenvalue weighted by molar-refractivity contribution is -0.161. The second kappa shape index (κ2) is 30.6. The van der Waals surface area contributed by atoms with Crippen molar-refractivity contribution < 1.29 is 42.8 Å². The van der Waals surface area contributed by atoms with E-state index in [0.29, 0.717) is 92.3 Å². The van der Waals surface area contributed by atoms with Crippen molar-refractivity contribution in [3.63, 3.8) is 0 Å². The van der Waals surface area contributed by atoms with Gasteiger partial charge >= 0.3 is 17.9 Å². The van der Waals surface area contributed by atoms with Crippen LogP contribution in [0.3, 0.4) is 0 Å². The van der Waals surface area contributed by atoms with E-state index in [1.54, 1.807) is 36.4 Å². The van der Waals surface area contributed by atoms with Crippen LogP contribution in [-0.4, -0.2) is 57.5 Å². The minimum atomic E-state index is -0.688. The van der Waals surface area contributed by atoms with Crippen LogP contribution >= 0.6 is 0 Å². The summed E-state index contributed by atoms with van der Waals surface area (Å²) < 4.78 is 34.8. The largest absolute Gasteiger partial charge is 0.494 e. The molecule has 12 heteroatoms. The molecule has 0 radical (unpaired) electrons. The summed E-state index contributed by atoms with van der Waals surface area (Å²) in [6, 6.07) is 49.9. The lowest BCUT2D eigenvalue weighted by atomic mass is 9.75. The molecule has 6 aromatic carbocycles. The maximum Gasteiger partial charge on any atom is 0.308 e. The van der Waals surface area contributed by atoms with E-state index >= 15 is 0 Å². The molecule has 0 N–H and O–H groups in total. The van der Waals surface area contributed by atoms with Crippen LogP contribution in [0.5, 0.6) is 17.2 Å². The Morgan fingerprint density at radius 2 is 0.500 bits per heavy atom. The number of hydrogen-bond donors (Lipinski definition) is 0. The molecule has 0 unspecified atom stereocenters. The molecule has 0 aromatic heterocycles. The fraction of sp³-hybridized carbons (Fsp3) is 0.273. The number of ether oxygens (including phenoxy) is 6. The monoisotopic (exact) mass is 1040 g/mol. The third-order valence-electron chi connectivity index (χ3n) is 12.5. The first-order valence-electron chi connectivity index (χ1n) is 26.0. The third kappa shape index (κ3) is 18.9. The maximum absolute atomic E-state index is 13.5. The molecule has 1 aliphatic carbocycles. The van der Waals surface area contributed by atoms with E-state index in [2.05, 4.69) is 53.7 Å². The summed E-state index contributed by atoms with van der Waals surface area (Å²) in [6.07, 6.45) is 4.17. The summed E-state index contributed by atoms with van der Waals surface area (Å²) >= 11 is 0. The number of nitriles is 3. The van der Waals surface area contributed by atoms with Gasteiger partial charge in [0, 0.05) is 33.4 Å². The van der Waals surface area contributed by atoms with Crippen molar-refractivity contribution in [1.82, 2.24) is 0 Å². The van der Waals surface area contributed by atoms with Crippen LogP contribution in [0.1, 0.15) is 108 Å². The Morgan fingerprint density at radius 1 is 0.308 bits per heavy atom. The van der Waals surface area contributed by atoms with Gasteiger partial charge in [-0.05, 0) is 203 Å². The summed E-state index contributed by atoms with van der Waals surface area (Å²) in [5.41, 5.74) is 6.66. The SMILES string of the molecule is N#Cc1ccc(C#Cc2ccc(OCCCCOC(=O)C3CC(C(=O)OCCCCOc4ccc(C#Cc5ccc(C#N)cc5)cc4)CC(C(=O)OCCCCOc4ccc(C#Cc5ccc(C#N)cc5)cc4)C3)cc2)cc1. The summed E-state index contributed by atoms with van der Waals surface area (Å²) in [4.78, 5) is 40.5. The summed E-state index contributed by atoms with van der Waals surface area (Å²) in [5, 5.41) is 27.0. The van der Waals surface area contributed by atoms with E-state index in [4.69, 9.17) is 44.2 Å². The molecule has 390 valence electrons. The molecule has 1 aliphatic rings. The van der Waals surface area contributed by atoms with Crippen molar-refractivity contribution in [3.8, 4) is 71.0 Å². The number of benzene rings is 6. The highest BCUT2D eigenvalue weighted by Crippen LogP contribution is 2.36. The van der Waals surface area contributed by atoms with Gasteiger partial charge in [-0.1, -0.05) is 35.5 Å². The normalized spacial score (nSPS) is 14.0. The van der Waals surface area contributed by atoms with Crippen LogP contribution < -0.4 is 14.2 Å². The molecule has 0 atom stereocenters. The second-order valence-electron chi connectivity index (χ2n) is 18.4. The van der Waals surface area contributed by atoms with Crippen molar-refractivity contribution >= 4 is 17.9 Å². The van der Waals surface area contributed by atoms with E-state index in [9.17, 15) is 14.4 Å². The third-order valence-corrected chi connectivity index (χ3v) is 12.5. The standard InChI is InChI=1S/C66H57N3O9/c67-46-55-19-13-49(14-20-55)7-10-52-25-31-61(32-26-52)73-37-1-4-40-76-64(70)58-43-59(65(71)77-41-5-2-38-74-62-33-27-53(28-34-62)11-8-50-15-21-56(47-68)22-16-50)45-60(44-58)66(72)78-42-6-3-39-75-63-35-29-54(30-36-63)12-9-51-17-23-57(48-69)24-18-51/h13-36,58-60H,1-6,37-45H2. The predicted molar refractivity (Wildman–Crippen MR) is 292 cm³/mol. The molecule has 0 aliphatic heterocycles. The Balaban J connectivity index is 0.829. The number of carbonyl (C=O) groups excluding carboxylic acids is 3. The fourth-order valence-electron chi connectivity index (χ4n) is 8.17. The van der Waals surface area contributed by atoms with Gasteiger partial charge in [-0.25, -0.2) is 0 Å². The molecule has 1 saturated carbocycles. The van der Waals surface area contributed by atoms with Gasteiger partial charge in [-0.15, -0.1) is 0 Å². The molecule has 1 fully saturated rings. The predicted octanol–water partition coefficient (Wildman–Crippen LogP) is 11.0. The van der Waals surface area contributed by atoms with Crippen LogP contribution in [0.2, 0.25) is 0 Å². The van der Waals surface area contributed by atoms with E-state index in [-0.39, 0.29) is 39.1 Å². The molecule has 0 amide bonds. The topological polar surface area (TPSA) is 178 Å². The van der Waals surface area contributed by atoms with E-state index in [0.717, 1.165) is 33.4 Å². The van der Waals surface area contributed by atoms with Gasteiger partial charge in [0.2, 0.25) is 0 Å². The molecule has 7 rings (SSSR count). The number of esters is 3. The highest BCUT2D eigenvalue weighted by atomic mass is 16.5. The zero-order valence-electron chi connectivity index (χ0n) is 43.2. The highest BCUT2D eigenvalue weighted by molar-refractivity contribution is 5.80. The first kappa shape index (κ1) is 56.0. The van der Waals surface area contributed by atoms with Gasteiger partial charge in [-0.3, -0.25) is 14.4 Å². The van der Waals surface area contributed by atoms with Crippen molar-refractivity contribution in [2.24, 2.45) is 17.8 Å². The average molecular weight is 1040 g/mol. The molecule has 78 heavy (non-hydrogen) atoms. The van der Waals surface area contributed by atoms with Crippen molar-refractivity contribution in [1.29, 1.82) is 15.8 Å². The molecular weight excluding hydrogens is 979 g/mol. The Labute approximate surface area is 456 Å². The highest BCUT2D eigenvalue weighted by Gasteiger charge is 2.41. The van der Waals surface area contributed by atoms with Crippen LogP contribution in [0, 0.1) is 87.3 Å². The van der Waals surface area contributed by atoms with Gasteiger partial charge in [0.25, 0.3) is 0 Å². The molecule has 0 heterocycles. The van der Waals surface area contributed by atoms with Gasteiger partial charge < -0.3 is 28.4 Å². The first-order valence-corrected chi connectivity index (χ1v) is 26.0. The summed E-state index contributed by atoms with van der Waals surface area (Å²) in [7, 11) is 0. The molecule has 0 bridgehead atoms. The van der Waals surface area contributed by atoms with E-state index < -0.39 is 35.7 Å². The average Bonchev–Trinajstić information content (AvgIpc) is 3.50. The van der Waals surface area contributed by atoms with Gasteiger partial charge in [-0.2, -0.15) is 15.8 Å². The zero-order chi connectivity index (χ0) is 54.6. The van der Waals surface area contributed by atoms with E-state index in [1.165, 1.54) is 0 Å². The minimum Gasteiger partial charge on any atom is -0.494 e. The Hall–Kier alpha value is -9.72. The van der Waals surface area contributed by atoms with Crippen LogP contribution in [0.25, 0.3) is 0 Å². The molecular formula is C66H57N3O9. The number of rotatable bonds is 21. The number of carbonyl (C=O) groups is 3. The van der Waals surface area contributed by atoms with E-state index in [1.807, 2.05) is 109 Å². The van der Waals surface area contributed by atoms with Crippen molar-refractivity contribution in [2.45, 2.75) is 57.8 Å². The van der Waals surface area contributed by atoms with Gasteiger partial charge in [0.1, 0.15) is 17.2 Å². The second-order valence-corrected chi connectivity index (χ2v) is 18.4. The number of hydrogen-bond acceptors (Lipinski definition) is 12. The quantitative estimate of drug-likeness (QED) is 0.0289. The fourth-order valence-corrected chi connectivity index (χ4v) is 8.17. The zero-order valence-corrected chi connectivity index (χ0v) is 43.2. The first-order chi connectivity index (χ1) is 38.2. The van der Waals surface area contributed by atoms with Crippen LogP contribution in [0.15, 0.2) is 146 Å². The Kier molecular flexibility index (Phi) is 22.0. The van der Waals surface area contributed by atoms with Crippen molar-refractivity contribution in [2.75, 3.05) is 39.6 Å². The molecule has 6 aromatic rings. The van der Waals surface area contributed by atoms with Crippen molar-refractivity contribution in [3.05, 3.63) is 196 Å². The molecule has 12 nitrogen and oxygen atoms in total. The minimum absolute atomic E-state index is 0.160. The number of unbranched alkanes of at least 4 members (excludes halogenated alkanes) is 3. The lowest BCUT2D eigenvalue weighted by Crippen LogP contribution is -2.37. The Bertz CT molecular complexity index is 2900. The van der Waals surface area contributed by atoms with Gasteiger partial charge in [0.15, 0.2) is 0 Å². The lowest BCUT2D eigenvalue weighted by Gasteiger charge is -2.31. The smallest absolute Gasteiger partial charge is 0.308 e. The number of nitrogens with zero attached hydrogens (tertiary/aromatic N) is 3. The maximum atomic E-state index is 13.5. The summed E-state index contributed by atoms with van der Waals surface area (Å²) in [5.74, 6) is 17.2.